The summed E-state index contributed by atoms with van der Waals surface area (Å²) in [6.07, 6.45) is 7.53. The van der Waals surface area contributed by atoms with Gasteiger partial charge in [0.05, 0.1) is 24.0 Å². The second-order valence-corrected chi connectivity index (χ2v) is 8.29. The number of fused-ring (bicyclic) bond motifs is 1. The number of ether oxygens (including phenoxy) is 1. The summed E-state index contributed by atoms with van der Waals surface area (Å²) >= 11 is 0. The molecule has 1 atom stereocenters. The van der Waals surface area contributed by atoms with E-state index < -0.39 is 17.7 Å². The van der Waals surface area contributed by atoms with Gasteiger partial charge in [-0.05, 0) is 47.7 Å². The highest BCUT2D eigenvalue weighted by molar-refractivity contribution is 5.93. The molecule has 1 saturated carbocycles. The predicted molar refractivity (Wildman–Crippen MR) is 127 cm³/mol. The molecule has 3 aromatic rings. The molecule has 0 bridgehead atoms. The number of carbonyl (C=O) groups is 2. The summed E-state index contributed by atoms with van der Waals surface area (Å²) in [7, 11) is 0. The zero-order valence-corrected chi connectivity index (χ0v) is 18.5. The van der Waals surface area contributed by atoms with Crippen LogP contribution in [0.25, 0.3) is 22.2 Å². The van der Waals surface area contributed by atoms with Crippen LogP contribution in [-0.4, -0.2) is 28.6 Å². The van der Waals surface area contributed by atoms with Gasteiger partial charge < -0.3 is 14.5 Å². The minimum absolute atomic E-state index is 0.00104. The third-order valence-electron chi connectivity index (χ3n) is 5.78. The molecule has 174 valence electrons. The molecule has 1 aliphatic carbocycles. The normalized spacial score (nSPS) is 15.6. The second-order valence-electron chi connectivity index (χ2n) is 8.29. The van der Waals surface area contributed by atoms with Crippen LogP contribution in [0, 0.1) is 17.2 Å². The molecule has 2 heterocycles. The molecule has 0 radical (unpaired) electrons. The third-order valence-corrected chi connectivity index (χ3v) is 5.78. The van der Waals surface area contributed by atoms with Crippen molar-refractivity contribution in [3.8, 4) is 17.2 Å². The van der Waals surface area contributed by atoms with E-state index in [1.54, 1.807) is 18.2 Å². The summed E-state index contributed by atoms with van der Waals surface area (Å²) in [5, 5.41) is 12.1. The molecule has 9 heteroatoms. The second kappa shape index (κ2) is 9.27. The van der Waals surface area contributed by atoms with Crippen LogP contribution in [0.15, 0.2) is 81.0 Å². The first kappa shape index (κ1) is 22.1. The van der Waals surface area contributed by atoms with E-state index in [-0.39, 0.29) is 17.6 Å². The van der Waals surface area contributed by atoms with Gasteiger partial charge in [0.1, 0.15) is 6.04 Å². The molecule has 9 nitrogen and oxygen atoms in total. The number of hydrogen-bond donors (Lipinski definition) is 1. The number of nitriles is 1. The maximum atomic E-state index is 12.5. The first-order chi connectivity index (χ1) is 17.0. The van der Waals surface area contributed by atoms with Crippen LogP contribution in [0.2, 0.25) is 0 Å². The van der Waals surface area contributed by atoms with E-state index in [9.17, 15) is 19.6 Å². The Hall–Kier alpha value is -4.71. The van der Waals surface area contributed by atoms with E-state index in [0.717, 1.165) is 34.1 Å². The van der Waals surface area contributed by atoms with E-state index in [0.29, 0.717) is 17.5 Å². The van der Waals surface area contributed by atoms with Gasteiger partial charge in [0, 0.05) is 18.6 Å². The van der Waals surface area contributed by atoms with Gasteiger partial charge in [-0.25, -0.2) is 9.36 Å². The van der Waals surface area contributed by atoms with E-state index in [4.69, 9.17) is 9.15 Å². The first-order valence-corrected chi connectivity index (χ1v) is 11.1. The maximum absolute atomic E-state index is 12.5. The molecule has 1 amide bonds. The minimum Gasteiger partial charge on any atom is -0.458 e. The van der Waals surface area contributed by atoms with Crippen LogP contribution >= 0.6 is 0 Å². The Morgan fingerprint density at radius 2 is 1.94 bits per heavy atom. The van der Waals surface area contributed by atoms with Crippen molar-refractivity contribution < 1.29 is 18.7 Å². The molecule has 0 spiro atoms. The number of allylic oxidation sites excluding steroid dienone is 1. The zero-order chi connectivity index (χ0) is 24.4. The molecule has 35 heavy (non-hydrogen) atoms. The highest BCUT2D eigenvalue weighted by Crippen LogP contribution is 2.32. The van der Waals surface area contributed by atoms with Gasteiger partial charge in [-0.2, -0.15) is 5.26 Å². The lowest BCUT2D eigenvalue weighted by molar-refractivity contribution is -0.120. The van der Waals surface area contributed by atoms with Crippen molar-refractivity contribution in [1.29, 1.82) is 5.26 Å². The van der Waals surface area contributed by atoms with Gasteiger partial charge in [0.2, 0.25) is 11.7 Å². The quantitative estimate of drug-likeness (QED) is 0.591. The summed E-state index contributed by atoms with van der Waals surface area (Å²) in [6, 6.07) is 14.1. The molecule has 1 aliphatic heterocycles. The Bertz CT molecular complexity index is 1500. The van der Waals surface area contributed by atoms with Crippen LogP contribution in [-0.2, 0) is 16.0 Å². The summed E-state index contributed by atoms with van der Waals surface area (Å²) < 4.78 is 11.6. The molecule has 0 unspecified atom stereocenters. The lowest BCUT2D eigenvalue weighted by Gasteiger charge is -2.13. The van der Waals surface area contributed by atoms with Crippen molar-refractivity contribution in [2.75, 3.05) is 0 Å². The number of rotatable bonds is 6. The molecule has 1 N–H and O–H groups in total. The number of oxazole rings is 1. The molecule has 1 aromatic heterocycles. The Balaban J connectivity index is 1.32. The largest absolute Gasteiger partial charge is 0.458 e. The first-order valence-electron chi connectivity index (χ1n) is 11.1. The lowest BCUT2D eigenvalue weighted by atomic mass is 10.0. The average Bonchev–Trinajstić information content (AvgIpc) is 3.69. The maximum Gasteiger partial charge on any atom is 0.426 e. The van der Waals surface area contributed by atoms with Crippen LogP contribution in [0.5, 0.6) is 0 Å². The summed E-state index contributed by atoms with van der Waals surface area (Å²) in [5.41, 5.74) is 3.35. The summed E-state index contributed by atoms with van der Waals surface area (Å²) in [5.74, 6) is -1.53. The molecule has 2 aliphatic rings. The number of amides is 1. The van der Waals surface area contributed by atoms with Crippen molar-refractivity contribution in [2.45, 2.75) is 25.3 Å². The van der Waals surface area contributed by atoms with Gasteiger partial charge in [0.25, 0.3) is 5.91 Å². The third kappa shape index (κ3) is 4.68. The van der Waals surface area contributed by atoms with E-state index in [1.807, 2.05) is 30.3 Å². The summed E-state index contributed by atoms with van der Waals surface area (Å²) in [6.45, 7) is 0. The predicted octanol–water partition coefficient (Wildman–Crippen LogP) is 3.32. The number of aliphatic imine (C=N–C) groups is 1. The van der Waals surface area contributed by atoms with Gasteiger partial charge in [-0.1, -0.05) is 30.3 Å². The molecule has 1 fully saturated rings. The van der Waals surface area contributed by atoms with Gasteiger partial charge in [-0.3, -0.25) is 14.6 Å². The average molecular weight is 468 g/mol. The van der Waals surface area contributed by atoms with Crippen LogP contribution in [0.1, 0.15) is 23.2 Å². The van der Waals surface area contributed by atoms with Gasteiger partial charge in [0.15, 0.2) is 5.58 Å². The molecular weight excluding hydrogens is 448 g/mol. The van der Waals surface area contributed by atoms with Gasteiger partial charge >= 0.3 is 5.76 Å². The number of carbonyl (C=O) groups excluding carboxylic acids is 2. The number of nitrogens with zero attached hydrogens (tertiary/aromatic N) is 3. The van der Waals surface area contributed by atoms with Crippen LogP contribution in [0.4, 0.5) is 0 Å². The van der Waals surface area contributed by atoms with Crippen molar-refractivity contribution in [1.82, 2.24) is 9.88 Å². The standard InChI is InChI=1S/C26H20N4O5/c27-14-20(29-24(31)23-15-28-10-1-11-34-23)12-16-2-4-17(5-3-16)19-8-9-22-21(13-19)30(26(33)35-22)25(32)18-6-7-18/h1-5,8-11,13,15,18,20H,6-7,12H2,(H,29,31)/t20-/m0/s1. The van der Waals surface area contributed by atoms with Crippen molar-refractivity contribution in [2.24, 2.45) is 10.9 Å². The number of aromatic nitrogens is 1. The highest BCUT2D eigenvalue weighted by Gasteiger charge is 2.33. The van der Waals surface area contributed by atoms with E-state index in [1.165, 1.54) is 18.7 Å². The number of hydrogen-bond acceptors (Lipinski definition) is 7. The Morgan fingerprint density at radius 1 is 1.17 bits per heavy atom. The SMILES string of the molecule is N#C[C@H](Cc1ccc(-c2ccc3oc(=O)n(C(=O)C4CC4)c3c2)cc1)NC(=O)C1=CN=CC=CO1. The number of nitrogens with one attached hydrogen (secondary N) is 1. The van der Waals surface area contributed by atoms with Crippen LogP contribution in [0.3, 0.4) is 0 Å². The fourth-order valence-corrected chi connectivity index (χ4v) is 3.80. The Morgan fingerprint density at radius 3 is 2.69 bits per heavy atom. The monoisotopic (exact) mass is 468 g/mol. The van der Waals surface area contributed by atoms with Crippen molar-refractivity contribution in [3.63, 3.8) is 0 Å². The Kier molecular flexibility index (Phi) is 5.85. The van der Waals surface area contributed by atoms with Crippen molar-refractivity contribution in [3.05, 3.63) is 82.9 Å². The molecule has 2 aromatic carbocycles. The number of benzene rings is 2. The smallest absolute Gasteiger partial charge is 0.426 e. The zero-order valence-electron chi connectivity index (χ0n) is 18.5. The van der Waals surface area contributed by atoms with Crippen LogP contribution < -0.4 is 11.1 Å². The topological polar surface area (TPSA) is 127 Å². The molecular formula is C26H20N4O5. The highest BCUT2D eigenvalue weighted by atomic mass is 16.5. The Labute approximate surface area is 199 Å². The van der Waals surface area contributed by atoms with Crippen molar-refractivity contribution >= 4 is 29.1 Å². The molecule has 0 saturated heterocycles. The fourth-order valence-electron chi connectivity index (χ4n) is 3.80. The minimum atomic E-state index is -0.765. The van der Waals surface area contributed by atoms with E-state index in [2.05, 4.69) is 16.4 Å². The van der Waals surface area contributed by atoms with E-state index >= 15 is 0 Å². The summed E-state index contributed by atoms with van der Waals surface area (Å²) in [4.78, 5) is 41.0. The lowest BCUT2D eigenvalue weighted by Crippen LogP contribution is -2.36. The molecule has 5 rings (SSSR count). The van der Waals surface area contributed by atoms with Gasteiger partial charge in [-0.15, -0.1) is 0 Å². The fraction of sp³-hybridized carbons (Fsp3) is 0.192.